The van der Waals surface area contributed by atoms with E-state index in [1.54, 1.807) is 7.05 Å². The molecular formula is C12H26N2O. The van der Waals surface area contributed by atoms with E-state index in [9.17, 15) is 4.79 Å². The van der Waals surface area contributed by atoms with Gasteiger partial charge in [0.05, 0.1) is 6.04 Å². The van der Waals surface area contributed by atoms with Crippen LogP contribution in [0.15, 0.2) is 0 Å². The second kappa shape index (κ2) is 7.69. The normalized spacial score (nSPS) is 15.1. The number of rotatable bonds is 7. The topological polar surface area (TPSA) is 41.1 Å². The molecule has 0 radical (unpaired) electrons. The van der Waals surface area contributed by atoms with Gasteiger partial charge in [-0.1, -0.05) is 34.1 Å². The largest absolute Gasteiger partial charge is 0.358 e. The van der Waals surface area contributed by atoms with Crippen molar-refractivity contribution < 1.29 is 4.79 Å². The molecule has 0 aromatic carbocycles. The van der Waals surface area contributed by atoms with Gasteiger partial charge in [0.25, 0.3) is 0 Å². The zero-order valence-corrected chi connectivity index (χ0v) is 10.8. The van der Waals surface area contributed by atoms with Crippen LogP contribution >= 0.6 is 0 Å². The summed E-state index contributed by atoms with van der Waals surface area (Å²) in [6, 6.07) is -0.0380. The first-order valence-corrected chi connectivity index (χ1v) is 5.96. The van der Waals surface area contributed by atoms with Gasteiger partial charge in [-0.05, 0) is 24.8 Å². The minimum Gasteiger partial charge on any atom is -0.358 e. The number of nitrogens with one attached hydrogen (secondary N) is 2. The maximum atomic E-state index is 11.6. The lowest BCUT2D eigenvalue weighted by atomic mass is 10.0. The zero-order valence-electron chi connectivity index (χ0n) is 10.8. The maximum Gasteiger partial charge on any atom is 0.236 e. The lowest BCUT2D eigenvalue weighted by Gasteiger charge is -2.21. The van der Waals surface area contributed by atoms with Crippen LogP contribution in [0.3, 0.4) is 0 Å². The van der Waals surface area contributed by atoms with Gasteiger partial charge in [-0.15, -0.1) is 0 Å². The number of likely N-dealkylation sites (N-methyl/N-ethyl adjacent to an activating group) is 1. The Morgan fingerprint density at radius 3 is 2.27 bits per heavy atom. The minimum atomic E-state index is -0.0380. The Balaban J connectivity index is 4.07. The molecule has 2 N–H and O–H groups in total. The summed E-state index contributed by atoms with van der Waals surface area (Å²) in [5, 5.41) is 6.05. The van der Waals surface area contributed by atoms with Crippen molar-refractivity contribution in [3.63, 3.8) is 0 Å². The first kappa shape index (κ1) is 14.4. The Morgan fingerprint density at radius 2 is 1.87 bits per heavy atom. The van der Waals surface area contributed by atoms with Gasteiger partial charge < -0.3 is 10.6 Å². The predicted molar refractivity (Wildman–Crippen MR) is 64.8 cm³/mol. The molecule has 0 spiro atoms. The van der Waals surface area contributed by atoms with E-state index in [4.69, 9.17) is 0 Å². The van der Waals surface area contributed by atoms with Crippen molar-refractivity contribution in [1.29, 1.82) is 0 Å². The maximum absolute atomic E-state index is 11.6. The van der Waals surface area contributed by atoms with Gasteiger partial charge in [-0.25, -0.2) is 0 Å². The third-order valence-corrected chi connectivity index (χ3v) is 2.68. The standard InChI is InChI=1S/C12H26N2O/c1-6-10(4)8-14-11(7-9(2)3)12(15)13-5/h9-11,14H,6-8H2,1-5H3,(H,13,15). The number of carbonyl (C=O) groups is 1. The summed E-state index contributed by atoms with van der Waals surface area (Å²) >= 11 is 0. The molecular weight excluding hydrogens is 188 g/mol. The number of amides is 1. The average Bonchev–Trinajstić information content (AvgIpc) is 2.21. The van der Waals surface area contributed by atoms with E-state index in [0.717, 1.165) is 19.4 Å². The zero-order chi connectivity index (χ0) is 11.8. The van der Waals surface area contributed by atoms with Crippen LogP contribution in [0.5, 0.6) is 0 Å². The Labute approximate surface area is 94.0 Å². The molecule has 1 amide bonds. The lowest BCUT2D eigenvalue weighted by Crippen LogP contribution is -2.45. The summed E-state index contributed by atoms with van der Waals surface area (Å²) in [4.78, 5) is 11.6. The van der Waals surface area contributed by atoms with Gasteiger partial charge in [0, 0.05) is 7.05 Å². The second-order valence-corrected chi connectivity index (χ2v) is 4.72. The molecule has 2 atom stereocenters. The van der Waals surface area contributed by atoms with E-state index in [2.05, 4.69) is 38.3 Å². The summed E-state index contributed by atoms with van der Waals surface area (Å²) in [6.45, 7) is 9.57. The molecule has 15 heavy (non-hydrogen) atoms. The summed E-state index contributed by atoms with van der Waals surface area (Å²) in [5.74, 6) is 1.27. The predicted octanol–water partition coefficient (Wildman–Crippen LogP) is 1.78. The van der Waals surface area contributed by atoms with Crippen LogP contribution in [0.2, 0.25) is 0 Å². The Kier molecular flexibility index (Phi) is 7.39. The molecule has 2 unspecified atom stereocenters. The molecule has 0 aromatic heterocycles. The molecule has 0 aliphatic heterocycles. The highest BCUT2D eigenvalue weighted by Crippen LogP contribution is 2.06. The Bertz CT molecular complexity index is 180. The van der Waals surface area contributed by atoms with Crippen molar-refractivity contribution in [2.24, 2.45) is 11.8 Å². The third-order valence-electron chi connectivity index (χ3n) is 2.68. The van der Waals surface area contributed by atoms with Crippen LogP contribution in [0.25, 0.3) is 0 Å². The SMILES string of the molecule is CCC(C)CNC(CC(C)C)C(=O)NC. The summed E-state index contributed by atoms with van der Waals surface area (Å²) < 4.78 is 0. The molecule has 0 aliphatic rings. The van der Waals surface area contributed by atoms with Crippen molar-refractivity contribution in [3.8, 4) is 0 Å². The van der Waals surface area contributed by atoms with E-state index in [0.29, 0.717) is 11.8 Å². The first-order valence-electron chi connectivity index (χ1n) is 5.96. The van der Waals surface area contributed by atoms with Crippen LogP contribution in [0, 0.1) is 11.8 Å². The van der Waals surface area contributed by atoms with Crippen molar-refractivity contribution in [1.82, 2.24) is 10.6 Å². The Morgan fingerprint density at radius 1 is 1.27 bits per heavy atom. The molecule has 0 aromatic rings. The van der Waals surface area contributed by atoms with E-state index in [1.807, 2.05) is 0 Å². The fourth-order valence-corrected chi connectivity index (χ4v) is 1.42. The van der Waals surface area contributed by atoms with Gasteiger partial charge in [-0.2, -0.15) is 0 Å². The molecule has 90 valence electrons. The highest BCUT2D eigenvalue weighted by Gasteiger charge is 2.18. The highest BCUT2D eigenvalue weighted by atomic mass is 16.2. The summed E-state index contributed by atoms with van der Waals surface area (Å²) in [6.07, 6.45) is 2.05. The van der Waals surface area contributed by atoms with Crippen molar-refractivity contribution in [2.75, 3.05) is 13.6 Å². The first-order chi connectivity index (χ1) is 7.01. The van der Waals surface area contributed by atoms with Crippen LogP contribution < -0.4 is 10.6 Å². The van der Waals surface area contributed by atoms with Gasteiger partial charge in [0.2, 0.25) is 5.91 Å². The lowest BCUT2D eigenvalue weighted by molar-refractivity contribution is -0.123. The van der Waals surface area contributed by atoms with Gasteiger partial charge in [0.15, 0.2) is 0 Å². The van der Waals surface area contributed by atoms with E-state index < -0.39 is 0 Å². The Hall–Kier alpha value is -0.570. The molecule has 0 aliphatic carbocycles. The van der Waals surface area contributed by atoms with Gasteiger partial charge in [0.1, 0.15) is 0 Å². The molecule has 0 heterocycles. The highest BCUT2D eigenvalue weighted by molar-refractivity contribution is 5.81. The third kappa shape index (κ3) is 6.50. The molecule has 0 saturated carbocycles. The fraction of sp³-hybridized carbons (Fsp3) is 0.917. The summed E-state index contributed by atoms with van der Waals surface area (Å²) in [5.41, 5.74) is 0. The molecule has 0 fully saturated rings. The second-order valence-electron chi connectivity index (χ2n) is 4.72. The van der Waals surface area contributed by atoms with Crippen LogP contribution in [0.1, 0.15) is 40.5 Å². The van der Waals surface area contributed by atoms with E-state index in [-0.39, 0.29) is 11.9 Å². The van der Waals surface area contributed by atoms with E-state index in [1.165, 1.54) is 0 Å². The van der Waals surface area contributed by atoms with Crippen LogP contribution in [0.4, 0.5) is 0 Å². The fourth-order valence-electron chi connectivity index (χ4n) is 1.42. The van der Waals surface area contributed by atoms with E-state index >= 15 is 0 Å². The minimum absolute atomic E-state index is 0.0380. The molecule has 0 saturated heterocycles. The number of carbonyl (C=O) groups excluding carboxylic acids is 1. The molecule has 3 heteroatoms. The number of hydrogen-bond acceptors (Lipinski definition) is 2. The van der Waals surface area contributed by atoms with Crippen molar-refractivity contribution in [3.05, 3.63) is 0 Å². The number of hydrogen-bond donors (Lipinski definition) is 2. The van der Waals surface area contributed by atoms with Crippen LogP contribution in [-0.2, 0) is 4.79 Å². The van der Waals surface area contributed by atoms with Crippen molar-refractivity contribution >= 4 is 5.91 Å². The molecule has 3 nitrogen and oxygen atoms in total. The van der Waals surface area contributed by atoms with Gasteiger partial charge >= 0.3 is 0 Å². The smallest absolute Gasteiger partial charge is 0.236 e. The molecule has 0 bridgehead atoms. The van der Waals surface area contributed by atoms with Gasteiger partial charge in [-0.3, -0.25) is 4.79 Å². The average molecular weight is 214 g/mol. The molecule has 0 rings (SSSR count). The monoisotopic (exact) mass is 214 g/mol. The van der Waals surface area contributed by atoms with Crippen LogP contribution in [-0.4, -0.2) is 25.5 Å². The quantitative estimate of drug-likeness (QED) is 0.678. The summed E-state index contributed by atoms with van der Waals surface area (Å²) in [7, 11) is 1.70. The van der Waals surface area contributed by atoms with Crippen molar-refractivity contribution in [2.45, 2.75) is 46.6 Å².